The highest BCUT2D eigenvalue weighted by molar-refractivity contribution is 5.89. The summed E-state index contributed by atoms with van der Waals surface area (Å²) in [6, 6.07) is 5.07. The van der Waals surface area contributed by atoms with E-state index in [-0.39, 0.29) is 18.0 Å². The van der Waals surface area contributed by atoms with Gasteiger partial charge in [-0.2, -0.15) is 0 Å². The van der Waals surface area contributed by atoms with E-state index in [1.807, 2.05) is 19.9 Å². The van der Waals surface area contributed by atoms with Crippen LogP contribution >= 0.6 is 0 Å². The van der Waals surface area contributed by atoms with E-state index in [2.05, 4.69) is 4.99 Å². The number of carbonyl (C=O) groups is 1. The molecule has 0 heterocycles. The third-order valence-corrected chi connectivity index (χ3v) is 2.37. The maximum absolute atomic E-state index is 11.0. The molecule has 1 aromatic carbocycles. The van der Waals surface area contributed by atoms with Gasteiger partial charge in [0.05, 0.1) is 12.1 Å². The van der Waals surface area contributed by atoms with E-state index < -0.39 is 5.97 Å². The van der Waals surface area contributed by atoms with E-state index in [1.165, 1.54) is 12.1 Å². The summed E-state index contributed by atoms with van der Waals surface area (Å²) in [6.07, 6.45) is 1.43. The molecule has 0 amide bonds. The molecule has 0 unspecified atom stereocenters. The monoisotopic (exact) mass is 219 g/mol. The van der Waals surface area contributed by atoms with E-state index in [0.717, 1.165) is 5.56 Å². The van der Waals surface area contributed by atoms with Crippen molar-refractivity contribution in [2.24, 2.45) is 4.99 Å². The summed E-state index contributed by atoms with van der Waals surface area (Å²) >= 11 is 0. The molecule has 4 nitrogen and oxygen atoms in total. The van der Waals surface area contributed by atoms with Crippen LogP contribution in [0.25, 0.3) is 0 Å². The van der Waals surface area contributed by atoms with Crippen molar-refractivity contribution in [3.8, 4) is 0 Å². The standard InChI is InChI=1S/C12H13NO3/c1-8(2)9-4-3-5-10(12(15)16)11(9)6-13-7-14/h3-5,8H,6H2,1-2H3,(H,15,16). The van der Waals surface area contributed by atoms with Crippen molar-refractivity contribution in [3.05, 3.63) is 34.9 Å². The topological polar surface area (TPSA) is 66.7 Å². The van der Waals surface area contributed by atoms with Gasteiger partial charge in [0.25, 0.3) is 0 Å². The predicted octanol–water partition coefficient (Wildman–Crippen LogP) is 2.34. The van der Waals surface area contributed by atoms with Gasteiger partial charge in [-0.1, -0.05) is 26.0 Å². The molecule has 84 valence electrons. The van der Waals surface area contributed by atoms with Gasteiger partial charge in [0.2, 0.25) is 6.08 Å². The van der Waals surface area contributed by atoms with E-state index in [9.17, 15) is 9.59 Å². The molecule has 0 aliphatic carbocycles. The molecule has 0 saturated carbocycles. The largest absolute Gasteiger partial charge is 0.478 e. The molecule has 0 radical (unpaired) electrons. The third kappa shape index (κ3) is 2.55. The molecule has 0 aliphatic rings. The first-order chi connectivity index (χ1) is 7.57. The van der Waals surface area contributed by atoms with Crippen LogP contribution in [0.15, 0.2) is 23.2 Å². The van der Waals surface area contributed by atoms with Gasteiger partial charge in [-0.3, -0.25) is 0 Å². The summed E-state index contributed by atoms with van der Waals surface area (Å²) in [5.74, 6) is -0.810. The van der Waals surface area contributed by atoms with Gasteiger partial charge in [-0.05, 0) is 23.1 Å². The number of hydrogen-bond donors (Lipinski definition) is 1. The molecule has 1 rings (SSSR count). The van der Waals surface area contributed by atoms with Gasteiger partial charge in [0, 0.05) is 0 Å². The molecule has 1 aromatic rings. The van der Waals surface area contributed by atoms with Crippen LogP contribution in [-0.4, -0.2) is 17.2 Å². The van der Waals surface area contributed by atoms with Gasteiger partial charge < -0.3 is 5.11 Å². The molecule has 0 aromatic heterocycles. The number of benzene rings is 1. The number of carboxylic acid groups (broad SMARTS) is 1. The molecule has 16 heavy (non-hydrogen) atoms. The number of carboxylic acids is 1. The Bertz CT molecular complexity index is 446. The molecule has 0 aliphatic heterocycles. The highest BCUT2D eigenvalue weighted by atomic mass is 16.4. The summed E-state index contributed by atoms with van der Waals surface area (Å²) < 4.78 is 0. The molecule has 0 saturated heterocycles. The van der Waals surface area contributed by atoms with Crippen LogP contribution in [-0.2, 0) is 11.3 Å². The van der Waals surface area contributed by atoms with E-state index in [4.69, 9.17) is 5.11 Å². The quantitative estimate of drug-likeness (QED) is 0.624. The van der Waals surface area contributed by atoms with Gasteiger partial charge >= 0.3 is 5.97 Å². The number of isocyanates is 1. The normalized spacial score (nSPS) is 9.94. The van der Waals surface area contributed by atoms with Gasteiger partial charge in [-0.25, -0.2) is 14.6 Å². The fourth-order valence-electron chi connectivity index (χ4n) is 1.63. The van der Waals surface area contributed by atoms with Crippen LogP contribution < -0.4 is 0 Å². The summed E-state index contributed by atoms with van der Waals surface area (Å²) in [6.45, 7) is 4.00. The number of aliphatic imine (C=N–C) groups is 1. The first-order valence-electron chi connectivity index (χ1n) is 4.96. The lowest BCUT2D eigenvalue weighted by Crippen LogP contribution is -2.06. The maximum Gasteiger partial charge on any atom is 0.336 e. The Balaban J connectivity index is 3.33. The average Bonchev–Trinajstić information content (AvgIpc) is 2.25. The number of aromatic carboxylic acids is 1. The third-order valence-electron chi connectivity index (χ3n) is 2.37. The van der Waals surface area contributed by atoms with Crippen molar-refractivity contribution in [2.45, 2.75) is 26.3 Å². The summed E-state index contributed by atoms with van der Waals surface area (Å²) in [7, 11) is 0. The molecule has 0 atom stereocenters. The van der Waals surface area contributed by atoms with Crippen LogP contribution in [0.4, 0.5) is 0 Å². The van der Waals surface area contributed by atoms with Gasteiger partial charge in [0.15, 0.2) is 0 Å². The molecule has 4 heteroatoms. The smallest absolute Gasteiger partial charge is 0.336 e. The second-order valence-corrected chi connectivity index (χ2v) is 3.74. The number of hydrogen-bond acceptors (Lipinski definition) is 3. The van der Waals surface area contributed by atoms with Crippen molar-refractivity contribution >= 4 is 12.0 Å². The molecule has 0 fully saturated rings. The lowest BCUT2D eigenvalue weighted by molar-refractivity contribution is 0.0695. The van der Waals surface area contributed by atoms with Gasteiger partial charge in [-0.15, -0.1) is 0 Å². The zero-order chi connectivity index (χ0) is 12.1. The zero-order valence-corrected chi connectivity index (χ0v) is 9.23. The van der Waals surface area contributed by atoms with E-state index in [0.29, 0.717) is 5.56 Å². The minimum atomic E-state index is -1.00. The Morgan fingerprint density at radius 2 is 2.19 bits per heavy atom. The van der Waals surface area contributed by atoms with Crippen LogP contribution in [0.3, 0.4) is 0 Å². The van der Waals surface area contributed by atoms with Crippen LogP contribution in [0.5, 0.6) is 0 Å². The SMILES string of the molecule is CC(C)c1cccc(C(=O)O)c1CN=C=O. The zero-order valence-electron chi connectivity index (χ0n) is 9.23. The van der Waals surface area contributed by atoms with Crippen molar-refractivity contribution in [3.63, 3.8) is 0 Å². The van der Waals surface area contributed by atoms with Gasteiger partial charge in [0.1, 0.15) is 0 Å². The Morgan fingerprint density at radius 3 is 2.69 bits per heavy atom. The lowest BCUT2D eigenvalue weighted by Gasteiger charge is -2.13. The number of carbonyl (C=O) groups excluding carboxylic acids is 1. The molecule has 0 spiro atoms. The first-order valence-corrected chi connectivity index (χ1v) is 4.96. The predicted molar refractivity (Wildman–Crippen MR) is 59.3 cm³/mol. The number of nitrogens with zero attached hydrogens (tertiary/aromatic N) is 1. The Hall–Kier alpha value is -1.93. The fourth-order valence-corrected chi connectivity index (χ4v) is 1.63. The number of rotatable bonds is 4. The fraction of sp³-hybridized carbons (Fsp3) is 0.333. The summed E-state index contributed by atoms with van der Waals surface area (Å²) in [4.78, 5) is 24.6. The highest BCUT2D eigenvalue weighted by Crippen LogP contribution is 2.23. The second-order valence-electron chi connectivity index (χ2n) is 3.74. The molecule has 0 bridgehead atoms. The van der Waals surface area contributed by atoms with E-state index >= 15 is 0 Å². The van der Waals surface area contributed by atoms with Crippen LogP contribution in [0, 0.1) is 0 Å². The minimum Gasteiger partial charge on any atom is -0.478 e. The average molecular weight is 219 g/mol. The van der Waals surface area contributed by atoms with Crippen LogP contribution in [0.2, 0.25) is 0 Å². The lowest BCUT2D eigenvalue weighted by atomic mass is 9.93. The minimum absolute atomic E-state index is 0.0689. The first kappa shape index (κ1) is 12.1. The van der Waals surface area contributed by atoms with Crippen molar-refractivity contribution in [1.82, 2.24) is 0 Å². The van der Waals surface area contributed by atoms with Crippen molar-refractivity contribution in [2.75, 3.05) is 0 Å². The summed E-state index contributed by atoms with van der Waals surface area (Å²) in [5, 5.41) is 9.03. The molecular formula is C12H13NO3. The highest BCUT2D eigenvalue weighted by Gasteiger charge is 2.15. The maximum atomic E-state index is 11.0. The molecular weight excluding hydrogens is 206 g/mol. The van der Waals surface area contributed by atoms with Crippen LogP contribution in [0.1, 0.15) is 41.3 Å². The molecule has 1 N–H and O–H groups in total. The Morgan fingerprint density at radius 1 is 1.50 bits per heavy atom. The Kier molecular flexibility index (Phi) is 3.97. The van der Waals surface area contributed by atoms with Crippen molar-refractivity contribution in [1.29, 1.82) is 0 Å². The Labute approximate surface area is 93.6 Å². The second kappa shape index (κ2) is 5.24. The summed E-state index contributed by atoms with van der Waals surface area (Å²) in [5.41, 5.74) is 1.69. The van der Waals surface area contributed by atoms with Crippen molar-refractivity contribution < 1.29 is 14.7 Å². The van der Waals surface area contributed by atoms with E-state index in [1.54, 1.807) is 6.07 Å².